The Bertz CT molecular complexity index is 1970. The van der Waals surface area contributed by atoms with Gasteiger partial charge in [-0.25, -0.2) is 21.1 Å². The van der Waals surface area contributed by atoms with Crippen LogP contribution in [0.2, 0.25) is 0 Å². The molecule has 0 bridgehead atoms. The minimum Gasteiger partial charge on any atom is -0.762 e. The van der Waals surface area contributed by atoms with Crippen LogP contribution >= 0.6 is 0 Å². The molecule has 19 heteroatoms. The van der Waals surface area contributed by atoms with E-state index in [1.807, 2.05) is 72.8 Å². The maximum atomic E-state index is 7.79. The molecule has 246 valence electrons. The number of aromatic nitrogens is 10. The van der Waals surface area contributed by atoms with E-state index in [0.29, 0.717) is 46.1 Å². The maximum Gasteiger partial charge on any atom is 2.00 e. The molecule has 0 radical (unpaired) electrons. The maximum absolute atomic E-state index is 7.79. The molecule has 0 aliphatic heterocycles. The van der Waals surface area contributed by atoms with Gasteiger partial charge in [0.1, 0.15) is 58.2 Å². The van der Waals surface area contributed by atoms with Gasteiger partial charge in [-0.05, 0) is 48.5 Å². The number of pyridine rings is 4. The minimum absolute atomic E-state index is 0. The van der Waals surface area contributed by atoms with E-state index < -0.39 is 11.1 Å². The van der Waals surface area contributed by atoms with E-state index in [-0.39, 0.29) is 17.1 Å². The number of hydrogen-bond acceptors (Lipinski definition) is 14. The van der Waals surface area contributed by atoms with E-state index in [1.54, 1.807) is 24.8 Å². The first-order valence-electron chi connectivity index (χ1n) is 13.6. The van der Waals surface area contributed by atoms with Crippen molar-refractivity contribution in [3.05, 3.63) is 120 Å². The zero-order valence-electron chi connectivity index (χ0n) is 25.9. The smallest absolute Gasteiger partial charge is 0.762 e. The Labute approximate surface area is 300 Å². The molecule has 0 spiro atoms. The van der Waals surface area contributed by atoms with Crippen molar-refractivity contribution in [2.45, 2.75) is 0 Å². The minimum atomic E-state index is -0.403. The van der Waals surface area contributed by atoms with Gasteiger partial charge < -0.3 is 22.5 Å². The number of nitrogens with zero attached hydrogens (tertiary/aromatic N) is 16. The van der Waals surface area contributed by atoms with Crippen molar-refractivity contribution >= 4 is 11.7 Å². The SMILES string of the molecule is N#CC(=C=[N-])C#N.N#CC(=C=[N-])C#N.Nn1c(-c2ccccn2)nnc1-c1ccccn1.Nn1c(-c2ccccn2)nnc1-c1ccccn1.[Fe+2]. The molecule has 0 saturated heterocycles. The second-order valence-electron chi connectivity index (χ2n) is 8.72. The van der Waals surface area contributed by atoms with Crippen LogP contribution in [-0.4, -0.2) is 61.4 Å². The molecule has 0 atom stereocenters. The molecule has 0 saturated carbocycles. The molecule has 0 unspecified atom stereocenters. The fourth-order valence-corrected chi connectivity index (χ4v) is 3.41. The van der Waals surface area contributed by atoms with Crippen molar-refractivity contribution in [2.24, 2.45) is 0 Å². The Balaban J connectivity index is 0.000000257. The molecule has 6 aromatic heterocycles. The van der Waals surface area contributed by atoms with Crippen LogP contribution in [0.25, 0.3) is 56.9 Å². The summed E-state index contributed by atoms with van der Waals surface area (Å²) in [7, 11) is 0. The van der Waals surface area contributed by atoms with Gasteiger partial charge in [-0.15, -0.1) is 20.4 Å². The van der Waals surface area contributed by atoms with Crippen LogP contribution in [0, 0.1) is 45.3 Å². The van der Waals surface area contributed by atoms with E-state index in [0.717, 1.165) is 0 Å². The van der Waals surface area contributed by atoms with Crippen molar-refractivity contribution < 1.29 is 17.1 Å². The molecule has 0 amide bonds. The van der Waals surface area contributed by atoms with E-state index in [1.165, 1.54) is 45.4 Å². The van der Waals surface area contributed by atoms with E-state index in [4.69, 9.17) is 43.6 Å². The number of nitrogen functional groups attached to an aromatic ring is 2. The number of rotatable bonds is 4. The Kier molecular flexibility index (Phi) is 16.0. The fourth-order valence-electron chi connectivity index (χ4n) is 3.41. The Morgan fingerprint density at radius 3 is 0.843 bits per heavy atom. The molecular formula is C32H20FeN18. The third-order valence-corrected chi connectivity index (χ3v) is 5.64. The van der Waals surface area contributed by atoms with Gasteiger partial charge in [0.15, 0.2) is 0 Å². The van der Waals surface area contributed by atoms with Crippen molar-refractivity contribution in [3.63, 3.8) is 0 Å². The quantitative estimate of drug-likeness (QED) is 0.115. The summed E-state index contributed by atoms with van der Waals surface area (Å²) >= 11 is 0. The normalized spacial score (nSPS) is 8.71. The summed E-state index contributed by atoms with van der Waals surface area (Å²) in [4.78, 5) is 16.8. The van der Waals surface area contributed by atoms with Gasteiger partial charge in [-0.1, -0.05) is 24.3 Å². The molecule has 6 heterocycles. The van der Waals surface area contributed by atoms with Crippen LogP contribution in [0.5, 0.6) is 0 Å². The standard InChI is InChI=1S/2C12H10N6.2C4N3.Fe/c2*13-18-11(9-5-1-3-7-14-9)16-17-12(18)10-6-2-4-8-15-10;2*5-1-4(2-6)3-7;/h2*1-8H,13H2;;;/q;;2*-1;+2. The summed E-state index contributed by atoms with van der Waals surface area (Å²) in [5, 5.41) is 63.0. The molecule has 0 fully saturated rings. The first-order chi connectivity index (χ1) is 24.4. The zero-order valence-corrected chi connectivity index (χ0v) is 27.0. The Morgan fingerprint density at radius 1 is 0.471 bits per heavy atom. The summed E-state index contributed by atoms with van der Waals surface area (Å²) in [6, 6.07) is 27.7. The molecular weight excluding hydrogens is 692 g/mol. The monoisotopic (exact) mass is 712 g/mol. The van der Waals surface area contributed by atoms with Gasteiger partial charge in [0.2, 0.25) is 23.3 Å². The first kappa shape index (κ1) is 39.0. The van der Waals surface area contributed by atoms with Crippen LogP contribution in [-0.2, 0) is 17.1 Å². The van der Waals surface area contributed by atoms with Gasteiger partial charge in [0.25, 0.3) is 0 Å². The summed E-state index contributed by atoms with van der Waals surface area (Å²) in [6.45, 7) is 0. The average molecular weight is 712 g/mol. The van der Waals surface area contributed by atoms with Crippen LogP contribution in [0.4, 0.5) is 0 Å². The third kappa shape index (κ3) is 11.0. The average Bonchev–Trinajstić information content (AvgIpc) is 3.77. The molecule has 18 nitrogen and oxygen atoms in total. The van der Waals surface area contributed by atoms with E-state index in [9.17, 15) is 0 Å². The number of allylic oxidation sites excluding steroid dienone is 2. The van der Waals surface area contributed by atoms with Crippen LogP contribution < -0.4 is 11.7 Å². The van der Waals surface area contributed by atoms with Crippen LogP contribution in [0.3, 0.4) is 0 Å². The van der Waals surface area contributed by atoms with Crippen molar-refractivity contribution in [3.8, 4) is 70.4 Å². The summed E-state index contributed by atoms with van der Waals surface area (Å²) in [6.07, 6.45) is 6.74. The topological polar surface area (TPSA) is 305 Å². The molecule has 4 N–H and O–H groups in total. The largest absolute Gasteiger partial charge is 2.00 e. The second kappa shape index (κ2) is 20.9. The van der Waals surface area contributed by atoms with Gasteiger partial charge in [-0.2, -0.15) is 21.0 Å². The third-order valence-electron chi connectivity index (χ3n) is 5.64. The van der Waals surface area contributed by atoms with Gasteiger partial charge in [0, 0.05) is 24.8 Å². The van der Waals surface area contributed by atoms with Gasteiger partial charge >= 0.3 is 17.1 Å². The summed E-state index contributed by atoms with van der Waals surface area (Å²) in [5.74, 6) is 16.8. The molecule has 6 aromatic rings. The van der Waals surface area contributed by atoms with E-state index >= 15 is 0 Å². The summed E-state index contributed by atoms with van der Waals surface area (Å²) in [5.41, 5.74) is 1.90. The number of nitrogens with two attached hydrogens (primary N) is 2. The van der Waals surface area contributed by atoms with E-state index in [2.05, 4.69) is 40.3 Å². The Morgan fingerprint density at radius 2 is 0.706 bits per heavy atom. The fraction of sp³-hybridized carbons (Fsp3) is 0. The van der Waals surface area contributed by atoms with Crippen LogP contribution in [0.1, 0.15) is 0 Å². The number of hydrogen-bond donors (Lipinski definition) is 2. The second-order valence-corrected chi connectivity index (χ2v) is 8.72. The molecule has 0 aliphatic carbocycles. The van der Waals surface area contributed by atoms with Crippen molar-refractivity contribution in [2.75, 3.05) is 11.7 Å². The molecule has 0 aliphatic rings. The Hall–Kier alpha value is -8.14. The first-order valence-corrected chi connectivity index (χ1v) is 13.6. The summed E-state index contributed by atoms with van der Waals surface area (Å²) < 4.78 is 2.79. The molecule has 0 aromatic carbocycles. The van der Waals surface area contributed by atoms with Crippen molar-refractivity contribution in [1.82, 2.24) is 49.7 Å². The molecule has 51 heavy (non-hydrogen) atoms. The predicted octanol–water partition coefficient (Wildman–Crippen LogP) is 2.63. The van der Waals surface area contributed by atoms with Gasteiger partial charge in [0.05, 0.1) is 0 Å². The molecule has 6 rings (SSSR count). The zero-order chi connectivity index (χ0) is 36.1. The predicted molar refractivity (Wildman–Crippen MR) is 179 cm³/mol. The van der Waals surface area contributed by atoms with Crippen molar-refractivity contribution in [1.29, 1.82) is 21.0 Å². The number of nitriles is 4. The van der Waals surface area contributed by atoms with Crippen LogP contribution in [0.15, 0.2) is 109 Å². The van der Waals surface area contributed by atoms with Gasteiger partial charge in [-0.3, -0.25) is 19.9 Å².